The van der Waals surface area contributed by atoms with Crippen LogP contribution in [-0.2, 0) is 11.2 Å². The van der Waals surface area contributed by atoms with E-state index in [2.05, 4.69) is 13.8 Å². The minimum absolute atomic E-state index is 0.000208. The summed E-state index contributed by atoms with van der Waals surface area (Å²) in [5, 5.41) is 20.5. The molecule has 24 heavy (non-hydrogen) atoms. The van der Waals surface area contributed by atoms with Crippen LogP contribution in [0.2, 0.25) is 0 Å². The van der Waals surface area contributed by atoms with E-state index >= 15 is 0 Å². The fourth-order valence-corrected chi connectivity index (χ4v) is 5.31. The molecule has 1 saturated carbocycles. The molecule has 2 aliphatic carbocycles. The number of fused-ring (bicyclic) bond motifs is 1. The Morgan fingerprint density at radius 1 is 1.42 bits per heavy atom. The third-order valence-corrected chi connectivity index (χ3v) is 7.06. The third-order valence-electron chi connectivity index (χ3n) is 7.06. The summed E-state index contributed by atoms with van der Waals surface area (Å²) in [6.07, 6.45) is 8.99. The Kier molecular flexibility index (Phi) is 4.37. The van der Waals surface area contributed by atoms with Gasteiger partial charge in [-0.1, -0.05) is 26.8 Å². The topological polar surface area (TPSA) is 70.7 Å². The summed E-state index contributed by atoms with van der Waals surface area (Å²) in [5.41, 5.74) is 0.927. The average Bonchev–Trinajstić information content (AvgIpc) is 3.04. The zero-order valence-electron chi connectivity index (χ0n) is 14.8. The van der Waals surface area contributed by atoms with E-state index in [1.807, 2.05) is 19.1 Å². The highest BCUT2D eigenvalue weighted by Crippen LogP contribution is 2.61. The van der Waals surface area contributed by atoms with Crippen molar-refractivity contribution in [3.05, 3.63) is 35.8 Å². The van der Waals surface area contributed by atoms with Gasteiger partial charge in [0.25, 0.3) is 0 Å². The lowest BCUT2D eigenvalue weighted by Gasteiger charge is -2.59. The van der Waals surface area contributed by atoms with Gasteiger partial charge in [0, 0.05) is 11.0 Å². The quantitative estimate of drug-likeness (QED) is 0.873. The molecule has 0 aliphatic heterocycles. The molecule has 0 radical (unpaired) electrons. The molecular formula is C20H28O4. The first kappa shape index (κ1) is 17.3. The molecule has 2 aliphatic rings. The van der Waals surface area contributed by atoms with Crippen LogP contribution in [0.15, 0.2) is 34.7 Å². The molecule has 1 aromatic rings. The summed E-state index contributed by atoms with van der Waals surface area (Å²) < 4.78 is 5.18. The highest BCUT2D eigenvalue weighted by molar-refractivity contribution is 5.88. The van der Waals surface area contributed by atoms with Crippen LogP contribution >= 0.6 is 0 Å². The van der Waals surface area contributed by atoms with Crippen LogP contribution in [-0.4, -0.2) is 22.3 Å². The molecule has 0 amide bonds. The normalized spacial score (nSPS) is 39.2. The Bertz CT molecular complexity index is 632. The molecule has 4 nitrogen and oxygen atoms in total. The molecule has 132 valence electrons. The van der Waals surface area contributed by atoms with Gasteiger partial charge in [0.1, 0.15) is 0 Å². The molecule has 0 bridgehead atoms. The summed E-state index contributed by atoms with van der Waals surface area (Å²) in [6.45, 7) is 6.46. The number of hydrogen-bond donors (Lipinski definition) is 2. The highest BCUT2D eigenvalue weighted by Gasteiger charge is 2.59. The summed E-state index contributed by atoms with van der Waals surface area (Å²) in [5.74, 6) is -0.356. The van der Waals surface area contributed by atoms with Gasteiger partial charge in [-0.15, -0.1) is 0 Å². The fourth-order valence-electron chi connectivity index (χ4n) is 5.31. The lowest BCUT2D eigenvalue weighted by molar-refractivity contribution is -0.148. The largest absolute Gasteiger partial charge is 0.478 e. The van der Waals surface area contributed by atoms with E-state index in [1.165, 1.54) is 5.56 Å². The Morgan fingerprint density at radius 3 is 2.79 bits per heavy atom. The van der Waals surface area contributed by atoms with Crippen LogP contribution in [0.5, 0.6) is 0 Å². The van der Waals surface area contributed by atoms with E-state index in [4.69, 9.17) is 4.42 Å². The van der Waals surface area contributed by atoms with Crippen molar-refractivity contribution in [2.75, 3.05) is 0 Å². The van der Waals surface area contributed by atoms with Crippen molar-refractivity contribution in [3.63, 3.8) is 0 Å². The lowest BCUT2D eigenvalue weighted by Crippen LogP contribution is -2.57. The summed E-state index contributed by atoms with van der Waals surface area (Å²) in [6, 6.07) is 1.99. The molecule has 3 rings (SSSR count). The number of aliphatic hydroxyl groups excluding tert-OH is 1. The van der Waals surface area contributed by atoms with Crippen molar-refractivity contribution in [1.29, 1.82) is 0 Å². The number of furan rings is 1. The summed E-state index contributed by atoms with van der Waals surface area (Å²) in [7, 11) is 0. The van der Waals surface area contributed by atoms with Crippen LogP contribution in [0.3, 0.4) is 0 Å². The van der Waals surface area contributed by atoms with Crippen molar-refractivity contribution in [2.24, 2.45) is 22.7 Å². The van der Waals surface area contributed by atoms with Gasteiger partial charge in [-0.3, -0.25) is 0 Å². The molecule has 2 N–H and O–H groups in total. The van der Waals surface area contributed by atoms with E-state index in [1.54, 1.807) is 12.5 Å². The summed E-state index contributed by atoms with van der Waals surface area (Å²) in [4.78, 5) is 11.8. The number of aryl methyl sites for hydroxylation is 1. The molecule has 0 aromatic carbocycles. The van der Waals surface area contributed by atoms with Crippen LogP contribution < -0.4 is 0 Å². The highest BCUT2D eigenvalue weighted by atomic mass is 16.4. The number of rotatable bonds is 4. The van der Waals surface area contributed by atoms with Gasteiger partial charge in [0.05, 0.1) is 18.6 Å². The first-order chi connectivity index (χ1) is 11.3. The first-order valence-electron chi connectivity index (χ1n) is 8.93. The first-order valence-corrected chi connectivity index (χ1v) is 8.93. The maximum atomic E-state index is 11.8. The number of carbonyl (C=O) groups is 1. The molecule has 1 unspecified atom stereocenters. The van der Waals surface area contributed by atoms with E-state index in [9.17, 15) is 15.0 Å². The lowest BCUT2D eigenvalue weighted by atomic mass is 9.45. The molecule has 0 spiro atoms. The number of carboxylic acids is 1. The van der Waals surface area contributed by atoms with Gasteiger partial charge in [-0.25, -0.2) is 4.79 Å². The zero-order chi connectivity index (χ0) is 17.5. The van der Waals surface area contributed by atoms with E-state index < -0.39 is 17.5 Å². The minimum atomic E-state index is -0.881. The number of hydrogen-bond acceptors (Lipinski definition) is 3. The van der Waals surface area contributed by atoms with E-state index in [0.29, 0.717) is 17.9 Å². The van der Waals surface area contributed by atoms with Crippen molar-refractivity contribution in [2.45, 2.75) is 59.0 Å². The van der Waals surface area contributed by atoms with Gasteiger partial charge in [-0.05, 0) is 61.0 Å². The van der Waals surface area contributed by atoms with Crippen molar-refractivity contribution in [3.8, 4) is 0 Å². The van der Waals surface area contributed by atoms with Gasteiger partial charge < -0.3 is 14.6 Å². The minimum Gasteiger partial charge on any atom is -0.478 e. The Hall–Kier alpha value is -1.55. The Balaban J connectivity index is 1.94. The molecular weight excluding hydrogens is 304 g/mol. The number of aliphatic hydroxyl groups is 1. The van der Waals surface area contributed by atoms with Crippen molar-refractivity contribution >= 4 is 5.97 Å². The molecule has 4 heteroatoms. The Morgan fingerprint density at radius 2 is 2.17 bits per heavy atom. The number of aliphatic carboxylic acids is 1. The predicted molar refractivity (Wildman–Crippen MR) is 91.5 cm³/mol. The SMILES string of the molecule is C[C@@H]1C[C@@H](O)[C@@]2(C)C(C(=O)O)=CCCC2[C@@]1(C)CCc1ccoc1. The molecule has 0 saturated heterocycles. The van der Waals surface area contributed by atoms with Gasteiger partial charge in [0.15, 0.2) is 0 Å². The number of carboxylic acid groups (broad SMARTS) is 1. The maximum Gasteiger partial charge on any atom is 0.331 e. The second-order valence-electron chi connectivity index (χ2n) is 8.13. The van der Waals surface area contributed by atoms with Crippen LogP contribution in [0.25, 0.3) is 0 Å². The third kappa shape index (κ3) is 2.52. The monoisotopic (exact) mass is 332 g/mol. The van der Waals surface area contributed by atoms with Crippen molar-refractivity contribution < 1.29 is 19.4 Å². The molecule has 5 atom stereocenters. The van der Waals surface area contributed by atoms with Crippen LogP contribution in [0, 0.1) is 22.7 Å². The predicted octanol–water partition coefficient (Wildman–Crippen LogP) is 4.05. The molecule has 1 aromatic heterocycles. The van der Waals surface area contributed by atoms with Gasteiger partial charge >= 0.3 is 5.97 Å². The standard InChI is InChI=1S/C20H28O4/c1-13-11-17(21)20(3)15(18(22)23)5-4-6-16(20)19(13,2)9-7-14-8-10-24-12-14/h5,8,10,12-13,16-17,21H,4,6-7,9,11H2,1-3H3,(H,22,23)/t13-,16?,17-,19+,20+/m1/s1. The van der Waals surface area contributed by atoms with E-state index in [0.717, 1.165) is 25.7 Å². The van der Waals surface area contributed by atoms with Crippen molar-refractivity contribution in [1.82, 2.24) is 0 Å². The molecule has 1 fully saturated rings. The van der Waals surface area contributed by atoms with Gasteiger partial charge in [0.2, 0.25) is 0 Å². The second kappa shape index (κ2) is 6.07. The zero-order valence-corrected chi connectivity index (χ0v) is 14.8. The van der Waals surface area contributed by atoms with E-state index in [-0.39, 0.29) is 11.3 Å². The summed E-state index contributed by atoms with van der Waals surface area (Å²) >= 11 is 0. The number of allylic oxidation sites excluding steroid dienone is 1. The molecule has 1 heterocycles. The second-order valence-corrected chi connectivity index (χ2v) is 8.13. The van der Waals surface area contributed by atoms with Crippen LogP contribution in [0.4, 0.5) is 0 Å². The average molecular weight is 332 g/mol. The smallest absolute Gasteiger partial charge is 0.331 e. The fraction of sp³-hybridized carbons (Fsp3) is 0.650. The maximum absolute atomic E-state index is 11.8. The van der Waals surface area contributed by atoms with Gasteiger partial charge in [-0.2, -0.15) is 0 Å². The Labute approximate surface area is 143 Å². The van der Waals surface area contributed by atoms with Crippen LogP contribution in [0.1, 0.15) is 52.0 Å².